The molecular weight excluding hydrogens is 226 g/mol. The zero-order chi connectivity index (χ0) is 12.2. The van der Waals surface area contributed by atoms with Gasteiger partial charge in [0.1, 0.15) is 0 Å². The maximum atomic E-state index is 11.7. The molecule has 0 aromatic carbocycles. The van der Waals surface area contributed by atoms with E-state index >= 15 is 0 Å². The first-order valence-corrected chi connectivity index (χ1v) is 7.34. The van der Waals surface area contributed by atoms with Crippen LogP contribution in [0.1, 0.15) is 33.1 Å². The van der Waals surface area contributed by atoms with Gasteiger partial charge in [0.15, 0.2) is 9.84 Å². The van der Waals surface area contributed by atoms with Crippen molar-refractivity contribution in [1.82, 2.24) is 0 Å². The van der Waals surface area contributed by atoms with Crippen LogP contribution >= 0.6 is 0 Å². The van der Waals surface area contributed by atoms with Crippen molar-refractivity contribution in [2.75, 3.05) is 19.0 Å². The Hall–Kier alpha value is -0.600. The second-order valence-corrected chi connectivity index (χ2v) is 7.35. The van der Waals surface area contributed by atoms with Gasteiger partial charge in [-0.05, 0) is 33.1 Å². The molecule has 0 radical (unpaired) electrons. The van der Waals surface area contributed by atoms with E-state index in [1.165, 1.54) is 0 Å². The van der Waals surface area contributed by atoms with Gasteiger partial charge >= 0.3 is 0 Å². The molecule has 1 rings (SSSR count). The zero-order valence-electron chi connectivity index (χ0n) is 9.90. The minimum absolute atomic E-state index is 0.109. The van der Waals surface area contributed by atoms with Crippen molar-refractivity contribution in [2.45, 2.75) is 38.4 Å². The van der Waals surface area contributed by atoms with E-state index in [0.717, 1.165) is 0 Å². The molecule has 0 atom stereocenters. The molecule has 1 aliphatic heterocycles. The van der Waals surface area contributed by atoms with E-state index in [1.54, 1.807) is 13.8 Å². The highest BCUT2D eigenvalue weighted by Gasteiger charge is 2.34. The summed E-state index contributed by atoms with van der Waals surface area (Å²) in [4.78, 5) is 0. The fraction of sp³-hybridized carbons (Fsp3) is 0.909. The van der Waals surface area contributed by atoms with Crippen molar-refractivity contribution in [3.05, 3.63) is 0 Å². The smallest absolute Gasteiger partial charge is 0.152 e. The fourth-order valence-corrected chi connectivity index (χ4v) is 2.90. The molecule has 0 N–H and O–H groups in total. The normalized spacial score (nSPS) is 20.6. The Morgan fingerprint density at radius 2 is 1.94 bits per heavy atom. The number of hydrogen-bond acceptors (Lipinski definition) is 4. The van der Waals surface area contributed by atoms with Crippen molar-refractivity contribution in [3.63, 3.8) is 0 Å². The summed E-state index contributed by atoms with van der Waals surface area (Å²) < 4.78 is 28.6. The first-order chi connectivity index (χ1) is 7.42. The number of ether oxygens (including phenoxy) is 1. The van der Waals surface area contributed by atoms with E-state index in [9.17, 15) is 13.7 Å². The van der Waals surface area contributed by atoms with Crippen LogP contribution in [0.5, 0.6) is 0 Å². The maximum Gasteiger partial charge on any atom is 0.152 e. The van der Waals surface area contributed by atoms with E-state index in [0.29, 0.717) is 32.5 Å². The summed E-state index contributed by atoms with van der Waals surface area (Å²) in [6.07, 6.45) is 1.74. The van der Waals surface area contributed by atoms with Crippen molar-refractivity contribution in [2.24, 2.45) is 5.41 Å². The first-order valence-electron chi connectivity index (χ1n) is 5.62. The number of rotatable bonds is 4. The summed E-state index contributed by atoms with van der Waals surface area (Å²) in [5.74, 6) is 0.109. The molecule has 1 saturated heterocycles. The monoisotopic (exact) mass is 245 g/mol. The third-order valence-electron chi connectivity index (χ3n) is 3.27. The second-order valence-electron chi connectivity index (χ2n) is 4.67. The highest BCUT2D eigenvalue weighted by atomic mass is 32.2. The van der Waals surface area contributed by atoms with E-state index in [1.807, 2.05) is 0 Å². The predicted octanol–water partition coefficient (Wildman–Crippen LogP) is 1.52. The Morgan fingerprint density at radius 1 is 1.38 bits per heavy atom. The van der Waals surface area contributed by atoms with Gasteiger partial charge in [-0.15, -0.1) is 0 Å². The highest BCUT2D eigenvalue weighted by Crippen LogP contribution is 2.34. The quantitative estimate of drug-likeness (QED) is 0.753. The average Bonchev–Trinajstić information content (AvgIpc) is 2.28. The standard InChI is InChI=1S/C11H19NO3S/c1-10(2)16(13,14)8-5-11(9-12)3-6-15-7-4-11/h10H,3-8H2,1-2H3. The average molecular weight is 245 g/mol. The molecule has 0 saturated carbocycles. The fourth-order valence-electron chi connectivity index (χ4n) is 1.75. The van der Waals surface area contributed by atoms with Crippen LogP contribution in [0.4, 0.5) is 0 Å². The molecule has 0 aromatic rings. The molecule has 5 heteroatoms. The molecule has 1 fully saturated rings. The van der Waals surface area contributed by atoms with Crippen LogP contribution < -0.4 is 0 Å². The van der Waals surface area contributed by atoms with Gasteiger partial charge in [-0.2, -0.15) is 5.26 Å². The Labute approximate surface area is 97.5 Å². The van der Waals surface area contributed by atoms with Crippen molar-refractivity contribution >= 4 is 9.84 Å². The van der Waals surface area contributed by atoms with Crippen molar-refractivity contribution < 1.29 is 13.2 Å². The minimum atomic E-state index is -3.04. The lowest BCUT2D eigenvalue weighted by atomic mass is 9.79. The van der Waals surface area contributed by atoms with E-state index in [-0.39, 0.29) is 11.0 Å². The molecule has 92 valence electrons. The van der Waals surface area contributed by atoms with E-state index < -0.39 is 15.3 Å². The van der Waals surface area contributed by atoms with Gasteiger partial charge in [-0.25, -0.2) is 8.42 Å². The highest BCUT2D eigenvalue weighted by molar-refractivity contribution is 7.91. The van der Waals surface area contributed by atoms with Crippen LogP contribution in [0.25, 0.3) is 0 Å². The minimum Gasteiger partial charge on any atom is -0.381 e. The van der Waals surface area contributed by atoms with Crippen LogP contribution in [0.3, 0.4) is 0 Å². The molecule has 0 aliphatic carbocycles. The molecule has 0 unspecified atom stereocenters. The summed E-state index contributed by atoms with van der Waals surface area (Å²) in [6.45, 7) is 4.49. The van der Waals surface area contributed by atoms with Gasteiger partial charge in [0.25, 0.3) is 0 Å². The van der Waals surface area contributed by atoms with Crippen LogP contribution in [0.15, 0.2) is 0 Å². The third kappa shape index (κ3) is 3.19. The van der Waals surface area contributed by atoms with Crippen LogP contribution in [-0.4, -0.2) is 32.6 Å². The summed E-state index contributed by atoms with van der Waals surface area (Å²) in [5.41, 5.74) is -0.486. The van der Waals surface area contributed by atoms with E-state index in [4.69, 9.17) is 4.74 Å². The number of nitriles is 1. The van der Waals surface area contributed by atoms with Gasteiger partial charge in [0.05, 0.1) is 22.5 Å². The predicted molar refractivity (Wildman–Crippen MR) is 61.6 cm³/mol. The topological polar surface area (TPSA) is 67.2 Å². The SMILES string of the molecule is CC(C)S(=O)(=O)CCC1(C#N)CCOCC1. The molecule has 16 heavy (non-hydrogen) atoms. The Morgan fingerprint density at radius 3 is 2.38 bits per heavy atom. The van der Waals surface area contributed by atoms with Gasteiger partial charge < -0.3 is 4.74 Å². The zero-order valence-corrected chi connectivity index (χ0v) is 10.7. The van der Waals surface area contributed by atoms with Gasteiger partial charge in [0.2, 0.25) is 0 Å². The summed E-state index contributed by atoms with van der Waals surface area (Å²) in [5, 5.41) is 8.82. The molecule has 1 heterocycles. The van der Waals surface area contributed by atoms with Gasteiger partial charge in [0, 0.05) is 13.2 Å². The van der Waals surface area contributed by atoms with Gasteiger partial charge in [-0.3, -0.25) is 0 Å². The second kappa shape index (κ2) is 5.15. The summed E-state index contributed by atoms with van der Waals surface area (Å²) >= 11 is 0. The molecule has 0 amide bonds. The van der Waals surface area contributed by atoms with Crippen molar-refractivity contribution in [3.8, 4) is 6.07 Å². The first kappa shape index (κ1) is 13.5. The lowest BCUT2D eigenvalue weighted by Crippen LogP contribution is -2.31. The number of sulfone groups is 1. The van der Waals surface area contributed by atoms with Crippen LogP contribution in [0, 0.1) is 16.7 Å². The number of nitrogens with zero attached hydrogens (tertiary/aromatic N) is 1. The Balaban J connectivity index is 2.62. The molecular formula is C11H19NO3S. The number of hydrogen-bond donors (Lipinski definition) is 0. The van der Waals surface area contributed by atoms with Crippen LogP contribution in [0.2, 0.25) is 0 Å². The summed E-state index contributed by atoms with van der Waals surface area (Å²) in [7, 11) is -3.04. The van der Waals surface area contributed by atoms with Crippen LogP contribution in [-0.2, 0) is 14.6 Å². The molecule has 0 bridgehead atoms. The molecule has 0 aromatic heterocycles. The molecule has 4 nitrogen and oxygen atoms in total. The van der Waals surface area contributed by atoms with Crippen molar-refractivity contribution in [1.29, 1.82) is 5.26 Å². The Bertz CT molecular complexity index is 361. The largest absolute Gasteiger partial charge is 0.381 e. The third-order valence-corrected chi connectivity index (χ3v) is 5.48. The lowest BCUT2D eigenvalue weighted by Gasteiger charge is -2.30. The van der Waals surface area contributed by atoms with Gasteiger partial charge in [-0.1, -0.05) is 0 Å². The maximum absolute atomic E-state index is 11.7. The molecule has 1 aliphatic rings. The summed E-state index contributed by atoms with van der Waals surface area (Å²) in [6, 6.07) is 2.28. The Kier molecular flexibility index (Phi) is 4.34. The lowest BCUT2D eigenvalue weighted by molar-refractivity contribution is 0.0393. The molecule has 0 spiro atoms. The van der Waals surface area contributed by atoms with E-state index in [2.05, 4.69) is 6.07 Å².